The third-order valence-corrected chi connectivity index (χ3v) is 9.04. The molecule has 0 N–H and O–H groups in total. The Morgan fingerprint density at radius 2 is 0.711 bits per heavy atom. The number of imide groups is 2. The van der Waals surface area contributed by atoms with Crippen LogP contribution in [0.3, 0.4) is 0 Å². The number of ether oxygens (including phenoxy) is 2. The summed E-state index contributed by atoms with van der Waals surface area (Å²) in [7, 11) is 0. The highest BCUT2D eigenvalue weighted by Crippen LogP contribution is 2.46. The molecule has 0 spiro atoms. The Morgan fingerprint density at radius 1 is 0.474 bits per heavy atom. The molecule has 0 unspecified atom stereocenters. The summed E-state index contributed by atoms with van der Waals surface area (Å²) in [6.07, 6.45) is -1.21. The van der Waals surface area contributed by atoms with E-state index in [0.29, 0.717) is 0 Å². The van der Waals surface area contributed by atoms with E-state index in [1.165, 1.54) is 0 Å². The van der Waals surface area contributed by atoms with Gasteiger partial charge in [0.15, 0.2) is 0 Å². The van der Waals surface area contributed by atoms with Crippen LogP contribution in [0.2, 0.25) is 40.2 Å². The van der Waals surface area contributed by atoms with Gasteiger partial charge < -0.3 is 9.47 Å². The highest BCUT2D eigenvalue weighted by atomic mass is 35.5. The highest BCUT2D eigenvalue weighted by molar-refractivity contribution is 6.56. The molecule has 200 valence electrons. The Labute approximate surface area is 253 Å². The fourth-order valence-electron chi connectivity index (χ4n) is 3.68. The monoisotopic (exact) mass is 680 g/mol. The number of amides is 4. The minimum atomic E-state index is -1.21. The first-order valence-corrected chi connectivity index (χ1v) is 13.1. The van der Waals surface area contributed by atoms with Gasteiger partial charge in [-0.2, -0.15) is 0 Å². The van der Waals surface area contributed by atoms with Gasteiger partial charge in [0.1, 0.15) is 13.2 Å². The number of hydrogen-bond acceptors (Lipinski definition) is 7. The molecule has 0 radical (unpaired) electrons. The lowest BCUT2D eigenvalue weighted by atomic mass is 10.1. The molecular formula is C21H8Cl8N2O7. The smallest absolute Gasteiger partial charge is 0.432 e. The van der Waals surface area contributed by atoms with Crippen molar-refractivity contribution in [3.05, 3.63) is 62.4 Å². The molecule has 0 saturated heterocycles. The maximum Gasteiger partial charge on any atom is 0.508 e. The standard InChI is InChI=1S/C21H8Cl8N2O7/c22-9-5-6(10(23)14(27)13(9)26)18(33)30(17(5)32)1-3-37-21(36)38-4-2-31-19(34)7-8(20(31)35)12(25)16(29)15(28)11(7)24/h1-4H2. The van der Waals surface area contributed by atoms with E-state index in [2.05, 4.69) is 0 Å². The molecule has 0 bridgehead atoms. The summed E-state index contributed by atoms with van der Waals surface area (Å²) in [4.78, 5) is 64.1. The normalized spacial score (nSPS) is 14.4. The number of fused-ring (bicyclic) bond motifs is 2. The summed E-state index contributed by atoms with van der Waals surface area (Å²) in [6, 6.07) is 0. The Bertz CT molecular complexity index is 1280. The minimum Gasteiger partial charge on any atom is -0.432 e. The van der Waals surface area contributed by atoms with Crippen molar-refractivity contribution in [3.8, 4) is 0 Å². The van der Waals surface area contributed by atoms with E-state index in [4.69, 9.17) is 102 Å². The van der Waals surface area contributed by atoms with Crippen LogP contribution in [-0.2, 0) is 9.47 Å². The summed E-state index contributed by atoms with van der Waals surface area (Å²) < 4.78 is 9.73. The predicted octanol–water partition coefficient (Wildman–Crippen LogP) is 6.96. The van der Waals surface area contributed by atoms with Gasteiger partial charge in [0.05, 0.1) is 75.5 Å². The molecule has 4 rings (SSSR count). The third-order valence-electron chi connectivity index (χ3n) is 5.44. The minimum absolute atomic E-state index is 0.186. The summed E-state index contributed by atoms with van der Waals surface area (Å²) in [5.74, 6) is -3.24. The zero-order valence-corrected chi connectivity index (χ0v) is 24.2. The lowest BCUT2D eigenvalue weighted by Gasteiger charge is -2.15. The molecule has 0 saturated carbocycles. The lowest BCUT2D eigenvalue weighted by Crippen LogP contribution is -2.35. The molecule has 4 amide bonds. The van der Waals surface area contributed by atoms with Crippen LogP contribution in [0.4, 0.5) is 4.79 Å². The van der Waals surface area contributed by atoms with Crippen molar-refractivity contribution in [2.45, 2.75) is 0 Å². The van der Waals surface area contributed by atoms with Crippen LogP contribution in [0, 0.1) is 0 Å². The van der Waals surface area contributed by atoms with Gasteiger partial charge in [-0.25, -0.2) is 4.79 Å². The quantitative estimate of drug-likeness (QED) is 0.140. The maximum absolute atomic E-state index is 12.7. The lowest BCUT2D eigenvalue weighted by molar-refractivity contribution is 0.0358. The molecule has 2 heterocycles. The van der Waals surface area contributed by atoms with E-state index in [-0.39, 0.29) is 75.5 Å². The van der Waals surface area contributed by atoms with Crippen LogP contribution in [-0.4, -0.2) is 65.9 Å². The van der Waals surface area contributed by atoms with Gasteiger partial charge in [0.2, 0.25) is 0 Å². The van der Waals surface area contributed by atoms with E-state index in [1.54, 1.807) is 0 Å². The van der Waals surface area contributed by atoms with Crippen molar-refractivity contribution >= 4 is 123 Å². The topological polar surface area (TPSA) is 110 Å². The average molecular weight is 684 g/mol. The largest absolute Gasteiger partial charge is 0.508 e. The molecule has 2 aromatic carbocycles. The molecule has 0 atom stereocenters. The maximum atomic E-state index is 12.7. The van der Waals surface area contributed by atoms with Gasteiger partial charge in [-0.3, -0.25) is 29.0 Å². The van der Waals surface area contributed by atoms with Crippen LogP contribution < -0.4 is 0 Å². The number of benzene rings is 2. The fraction of sp³-hybridized carbons (Fsp3) is 0.190. The van der Waals surface area contributed by atoms with Gasteiger partial charge in [-0.05, 0) is 0 Å². The second-order valence-electron chi connectivity index (χ2n) is 7.48. The molecule has 0 aromatic heterocycles. The summed E-state index contributed by atoms with van der Waals surface area (Å²) in [6.45, 7) is -1.67. The molecule has 17 heteroatoms. The van der Waals surface area contributed by atoms with E-state index in [9.17, 15) is 24.0 Å². The zero-order valence-electron chi connectivity index (χ0n) is 18.1. The molecule has 38 heavy (non-hydrogen) atoms. The Kier molecular flexibility index (Phi) is 8.53. The van der Waals surface area contributed by atoms with E-state index in [0.717, 1.165) is 9.80 Å². The number of carbonyl (C=O) groups is 5. The molecular weight excluding hydrogens is 676 g/mol. The van der Waals surface area contributed by atoms with Gasteiger partial charge in [0.25, 0.3) is 23.6 Å². The summed E-state index contributed by atoms with van der Waals surface area (Å²) in [5, 5.41) is -1.70. The zero-order chi connectivity index (χ0) is 28.2. The Balaban J connectivity index is 1.32. The number of nitrogens with zero attached hydrogens (tertiary/aromatic N) is 2. The van der Waals surface area contributed by atoms with Crippen molar-refractivity contribution in [2.75, 3.05) is 26.3 Å². The Hall–Kier alpha value is -1.69. The van der Waals surface area contributed by atoms with Crippen LogP contribution in [0.15, 0.2) is 0 Å². The van der Waals surface area contributed by atoms with E-state index < -0.39 is 43.0 Å². The van der Waals surface area contributed by atoms with E-state index >= 15 is 0 Å². The summed E-state index contributed by atoms with van der Waals surface area (Å²) >= 11 is 48.1. The van der Waals surface area contributed by atoms with Crippen LogP contribution in [0.25, 0.3) is 0 Å². The fourth-order valence-corrected chi connectivity index (χ4v) is 5.71. The van der Waals surface area contributed by atoms with Crippen molar-refractivity contribution in [1.82, 2.24) is 9.80 Å². The first kappa shape index (κ1) is 29.3. The number of hydrogen-bond donors (Lipinski definition) is 0. The molecule has 2 aromatic rings. The molecule has 9 nitrogen and oxygen atoms in total. The van der Waals surface area contributed by atoms with Crippen LogP contribution in [0.5, 0.6) is 0 Å². The van der Waals surface area contributed by atoms with Gasteiger partial charge in [-0.1, -0.05) is 92.8 Å². The van der Waals surface area contributed by atoms with Gasteiger partial charge in [0, 0.05) is 0 Å². The summed E-state index contributed by atoms with van der Waals surface area (Å²) in [5.41, 5.74) is -0.880. The second-order valence-corrected chi connectivity index (χ2v) is 10.5. The number of carbonyl (C=O) groups excluding carboxylic acids is 5. The van der Waals surface area contributed by atoms with Crippen molar-refractivity contribution in [3.63, 3.8) is 0 Å². The number of halogens is 8. The third kappa shape index (κ3) is 4.67. The second kappa shape index (κ2) is 11.1. The van der Waals surface area contributed by atoms with Crippen molar-refractivity contribution in [2.24, 2.45) is 0 Å². The highest BCUT2D eigenvalue weighted by Gasteiger charge is 2.42. The SMILES string of the molecule is O=C(OCCN1C(=O)c2c(Cl)c(Cl)c(Cl)c(Cl)c2C1=O)OCCN1C(=O)c2c(Cl)c(Cl)c(Cl)c(Cl)c2C1=O. The molecule has 2 aliphatic rings. The van der Waals surface area contributed by atoms with Crippen LogP contribution >= 0.6 is 92.8 Å². The average Bonchev–Trinajstić information content (AvgIpc) is 3.28. The number of rotatable bonds is 6. The Morgan fingerprint density at radius 3 is 0.947 bits per heavy atom. The molecule has 0 aliphatic carbocycles. The predicted molar refractivity (Wildman–Crippen MR) is 141 cm³/mol. The van der Waals surface area contributed by atoms with E-state index in [1.807, 2.05) is 0 Å². The van der Waals surface area contributed by atoms with Crippen molar-refractivity contribution in [1.29, 1.82) is 0 Å². The van der Waals surface area contributed by atoms with Gasteiger partial charge in [-0.15, -0.1) is 0 Å². The molecule has 2 aliphatic heterocycles. The first-order chi connectivity index (χ1) is 17.8. The first-order valence-electron chi connectivity index (χ1n) is 10.0. The van der Waals surface area contributed by atoms with Gasteiger partial charge >= 0.3 is 6.16 Å². The van der Waals surface area contributed by atoms with Crippen LogP contribution in [0.1, 0.15) is 41.4 Å². The molecule has 0 fully saturated rings. The van der Waals surface area contributed by atoms with Crippen molar-refractivity contribution < 1.29 is 33.4 Å².